The number of para-hydroxylation sites is 1. The molecule has 0 N–H and O–H groups in total. The normalized spacial score (nSPS) is 19.0. The number of carbonyl (C=O) groups excluding carboxylic acids is 1. The van der Waals surface area contributed by atoms with Crippen LogP contribution >= 0.6 is 0 Å². The van der Waals surface area contributed by atoms with Crippen LogP contribution in [0, 0.1) is 5.92 Å². The van der Waals surface area contributed by atoms with E-state index in [-0.39, 0.29) is 17.6 Å². The van der Waals surface area contributed by atoms with Gasteiger partial charge in [0.25, 0.3) is 5.91 Å². The number of hydrogen-bond donors (Lipinski definition) is 0. The van der Waals surface area contributed by atoms with E-state index < -0.39 is 0 Å². The van der Waals surface area contributed by atoms with Gasteiger partial charge in [-0.2, -0.15) is 5.10 Å². The smallest absolute Gasteiger partial charge is 0.337 e. The van der Waals surface area contributed by atoms with Gasteiger partial charge in [0.1, 0.15) is 11.5 Å². The summed E-state index contributed by atoms with van der Waals surface area (Å²) in [6.07, 6.45) is 4.66. The highest BCUT2D eigenvalue weighted by Crippen LogP contribution is 2.30. The average molecular weight is 391 g/mol. The number of aromatic nitrogens is 4. The van der Waals surface area contributed by atoms with Crippen molar-refractivity contribution in [2.45, 2.75) is 51.2 Å². The molecule has 1 aliphatic heterocycles. The van der Waals surface area contributed by atoms with E-state index in [1.165, 1.54) is 12.8 Å². The van der Waals surface area contributed by atoms with Crippen molar-refractivity contribution >= 4 is 16.8 Å². The van der Waals surface area contributed by atoms with Crippen molar-refractivity contribution in [3.8, 4) is 0 Å². The zero-order valence-corrected chi connectivity index (χ0v) is 16.6. The van der Waals surface area contributed by atoms with Crippen molar-refractivity contribution in [3.05, 3.63) is 58.4 Å². The summed E-state index contributed by atoms with van der Waals surface area (Å²) in [7, 11) is 1.84. The molecule has 0 bridgehead atoms. The molecule has 1 unspecified atom stereocenters. The summed E-state index contributed by atoms with van der Waals surface area (Å²) in [5, 5.41) is 5.60. The van der Waals surface area contributed by atoms with Crippen molar-refractivity contribution in [1.29, 1.82) is 0 Å². The molecule has 1 saturated carbocycles. The summed E-state index contributed by atoms with van der Waals surface area (Å²) in [5.74, 6) is 1.40. The number of nitrogens with zero attached hydrogens (tertiary/aromatic N) is 5. The Kier molecular flexibility index (Phi) is 4.45. The summed E-state index contributed by atoms with van der Waals surface area (Å²) in [6, 6.07) is 11.6. The Morgan fingerprint density at radius 2 is 1.97 bits per heavy atom. The molecule has 2 aromatic heterocycles. The van der Waals surface area contributed by atoms with E-state index in [0.717, 1.165) is 36.1 Å². The maximum atomic E-state index is 13.0. The highest BCUT2D eigenvalue weighted by Gasteiger charge is 2.28. The van der Waals surface area contributed by atoms with E-state index in [9.17, 15) is 9.59 Å². The minimum absolute atomic E-state index is 0.00211. The van der Waals surface area contributed by atoms with Gasteiger partial charge in [-0.3, -0.25) is 9.36 Å². The maximum absolute atomic E-state index is 13.0. The van der Waals surface area contributed by atoms with Gasteiger partial charge in [-0.1, -0.05) is 24.3 Å². The highest BCUT2D eigenvalue weighted by molar-refractivity contribution is 5.94. The van der Waals surface area contributed by atoms with Crippen molar-refractivity contribution in [2.75, 3.05) is 7.05 Å². The summed E-state index contributed by atoms with van der Waals surface area (Å²) in [6.45, 7) is 1.35. The molecule has 150 valence electrons. The van der Waals surface area contributed by atoms with Crippen molar-refractivity contribution in [1.82, 2.24) is 24.2 Å². The van der Waals surface area contributed by atoms with Crippen LogP contribution in [-0.2, 0) is 19.5 Å². The second-order valence-electron chi connectivity index (χ2n) is 8.26. The molecule has 1 atom stereocenters. The number of carbonyl (C=O) groups is 1. The molecule has 7 nitrogen and oxygen atoms in total. The second kappa shape index (κ2) is 7.13. The monoisotopic (exact) mass is 391 g/mol. The molecule has 29 heavy (non-hydrogen) atoms. The first-order chi connectivity index (χ1) is 14.1. The Balaban J connectivity index is 1.31. The number of aryl methyl sites for hydroxylation is 1. The first-order valence-electron chi connectivity index (χ1n) is 10.4. The van der Waals surface area contributed by atoms with E-state index in [2.05, 4.69) is 10.1 Å². The molecule has 1 aliphatic carbocycles. The number of rotatable bonds is 4. The molecular weight excluding hydrogens is 366 g/mol. The fourth-order valence-corrected chi connectivity index (χ4v) is 4.20. The van der Waals surface area contributed by atoms with Gasteiger partial charge in [-0.25, -0.2) is 14.5 Å². The highest BCUT2D eigenvalue weighted by atomic mass is 16.2. The number of hydrogen-bond acceptors (Lipinski definition) is 4. The molecule has 3 aromatic rings. The molecule has 0 spiro atoms. The van der Waals surface area contributed by atoms with E-state index in [1.54, 1.807) is 20.2 Å². The molecule has 1 aromatic carbocycles. The summed E-state index contributed by atoms with van der Waals surface area (Å²) in [4.78, 5) is 32.0. The fourth-order valence-electron chi connectivity index (χ4n) is 4.20. The SMILES string of the molecule is CN(C(=O)c1ccc2ccccc2n1)C1CCc2nn(CC3CC3)c(=O)n2CC1. The Hall–Kier alpha value is -2.96. The first-order valence-corrected chi connectivity index (χ1v) is 10.4. The molecular formula is C22H25N5O2. The summed E-state index contributed by atoms with van der Waals surface area (Å²) >= 11 is 0. The fraction of sp³-hybridized carbons (Fsp3) is 0.455. The maximum Gasteiger partial charge on any atom is 0.345 e. The van der Waals surface area contributed by atoms with Gasteiger partial charge in [-0.15, -0.1) is 0 Å². The van der Waals surface area contributed by atoms with Crippen LogP contribution in [0.3, 0.4) is 0 Å². The van der Waals surface area contributed by atoms with E-state index in [1.807, 2.05) is 37.4 Å². The van der Waals surface area contributed by atoms with Crippen LogP contribution in [0.15, 0.2) is 41.2 Å². The minimum Gasteiger partial charge on any atom is -0.337 e. The van der Waals surface area contributed by atoms with E-state index >= 15 is 0 Å². The number of fused-ring (bicyclic) bond motifs is 2. The van der Waals surface area contributed by atoms with Gasteiger partial charge in [0.05, 0.1) is 5.52 Å². The Morgan fingerprint density at radius 3 is 2.79 bits per heavy atom. The average Bonchev–Trinajstić information content (AvgIpc) is 3.54. The standard InChI is InChI=1S/C22H25N5O2/c1-25(21(28)19-10-8-16-4-2-3-5-18(16)23-19)17-9-11-20-24-27(14-15-6-7-15)22(29)26(20)13-12-17/h2-5,8,10,15,17H,6-7,9,11-14H2,1H3. The lowest BCUT2D eigenvalue weighted by Gasteiger charge is -2.26. The third-order valence-electron chi connectivity index (χ3n) is 6.20. The minimum atomic E-state index is -0.0774. The van der Waals surface area contributed by atoms with Crippen molar-refractivity contribution in [3.63, 3.8) is 0 Å². The quantitative estimate of drug-likeness (QED) is 0.685. The van der Waals surface area contributed by atoms with Crippen LogP contribution in [0.4, 0.5) is 0 Å². The Morgan fingerprint density at radius 1 is 1.14 bits per heavy atom. The van der Waals surface area contributed by atoms with Gasteiger partial charge in [0.15, 0.2) is 0 Å². The third kappa shape index (κ3) is 3.45. The lowest BCUT2D eigenvalue weighted by atomic mass is 10.1. The lowest BCUT2D eigenvalue weighted by Crippen LogP contribution is -2.38. The zero-order valence-electron chi connectivity index (χ0n) is 16.6. The van der Waals surface area contributed by atoms with Crippen LogP contribution in [0.25, 0.3) is 10.9 Å². The molecule has 1 amide bonds. The molecule has 0 saturated heterocycles. The van der Waals surface area contributed by atoms with Crippen LogP contribution < -0.4 is 5.69 Å². The summed E-state index contributed by atoms with van der Waals surface area (Å²) < 4.78 is 3.44. The number of benzene rings is 1. The molecule has 2 aliphatic rings. The lowest BCUT2D eigenvalue weighted by molar-refractivity contribution is 0.0710. The molecule has 0 radical (unpaired) electrons. The van der Waals surface area contributed by atoms with Gasteiger partial charge in [0.2, 0.25) is 0 Å². The number of pyridine rings is 1. The van der Waals surface area contributed by atoms with Gasteiger partial charge in [0, 0.05) is 38.0 Å². The van der Waals surface area contributed by atoms with Crippen LogP contribution in [0.5, 0.6) is 0 Å². The topological polar surface area (TPSA) is 73.0 Å². The predicted octanol–water partition coefficient (Wildman–Crippen LogP) is 2.48. The Bertz CT molecular complexity index is 1130. The summed E-state index contributed by atoms with van der Waals surface area (Å²) in [5.41, 5.74) is 1.28. The van der Waals surface area contributed by atoms with Crippen LogP contribution in [-0.4, -0.2) is 43.2 Å². The van der Waals surface area contributed by atoms with E-state index in [0.29, 0.717) is 24.6 Å². The van der Waals surface area contributed by atoms with Gasteiger partial charge in [-0.05, 0) is 43.7 Å². The molecule has 3 heterocycles. The van der Waals surface area contributed by atoms with Crippen molar-refractivity contribution in [2.24, 2.45) is 5.92 Å². The Labute approximate surface area is 169 Å². The van der Waals surface area contributed by atoms with Gasteiger partial charge < -0.3 is 4.90 Å². The number of amides is 1. The largest absolute Gasteiger partial charge is 0.345 e. The van der Waals surface area contributed by atoms with Crippen LogP contribution in [0.2, 0.25) is 0 Å². The molecule has 5 rings (SSSR count). The molecule has 7 heteroatoms. The predicted molar refractivity (Wildman–Crippen MR) is 110 cm³/mol. The third-order valence-corrected chi connectivity index (χ3v) is 6.20. The first kappa shape index (κ1) is 18.1. The second-order valence-corrected chi connectivity index (χ2v) is 8.26. The van der Waals surface area contributed by atoms with Crippen LogP contribution in [0.1, 0.15) is 42.0 Å². The van der Waals surface area contributed by atoms with Crippen molar-refractivity contribution < 1.29 is 4.79 Å². The van der Waals surface area contributed by atoms with Gasteiger partial charge >= 0.3 is 5.69 Å². The molecule has 1 fully saturated rings. The van der Waals surface area contributed by atoms with E-state index in [4.69, 9.17) is 0 Å². The zero-order chi connectivity index (χ0) is 20.0.